The van der Waals surface area contributed by atoms with Gasteiger partial charge in [-0.1, -0.05) is 30.3 Å². The molecule has 0 aliphatic carbocycles. The number of nitrogens with one attached hydrogen (secondary N) is 2. The Morgan fingerprint density at radius 1 is 1.11 bits per heavy atom. The topological polar surface area (TPSA) is 41.1 Å². The van der Waals surface area contributed by atoms with Crippen molar-refractivity contribution in [1.29, 1.82) is 0 Å². The number of carbonyl (C=O) groups excluding carboxylic acids is 1. The number of unbranched alkanes of at least 4 members (excludes halogenated alkanes) is 1. The SMILES string of the molecule is CC(C)(C)NC(=O)NCCCCc1ccccc1. The summed E-state index contributed by atoms with van der Waals surface area (Å²) < 4.78 is 0. The average molecular weight is 248 g/mol. The fourth-order valence-corrected chi connectivity index (χ4v) is 1.69. The number of benzene rings is 1. The molecule has 1 aromatic carbocycles. The number of amides is 2. The van der Waals surface area contributed by atoms with Crippen molar-refractivity contribution in [2.75, 3.05) is 6.54 Å². The van der Waals surface area contributed by atoms with Crippen LogP contribution in [0.25, 0.3) is 0 Å². The van der Waals surface area contributed by atoms with Crippen molar-refractivity contribution in [3.63, 3.8) is 0 Å². The summed E-state index contributed by atoms with van der Waals surface area (Å²) in [6.45, 7) is 6.65. The third-order valence-corrected chi connectivity index (χ3v) is 2.51. The summed E-state index contributed by atoms with van der Waals surface area (Å²) in [6.07, 6.45) is 3.18. The van der Waals surface area contributed by atoms with Crippen molar-refractivity contribution in [2.45, 2.75) is 45.6 Å². The van der Waals surface area contributed by atoms with Crippen molar-refractivity contribution < 1.29 is 4.79 Å². The van der Waals surface area contributed by atoms with Crippen molar-refractivity contribution >= 4 is 6.03 Å². The second-order valence-electron chi connectivity index (χ2n) is 5.57. The van der Waals surface area contributed by atoms with E-state index >= 15 is 0 Å². The van der Waals surface area contributed by atoms with E-state index in [1.54, 1.807) is 0 Å². The van der Waals surface area contributed by atoms with Crippen LogP contribution in [0.2, 0.25) is 0 Å². The van der Waals surface area contributed by atoms with Crippen LogP contribution in [0.1, 0.15) is 39.2 Å². The summed E-state index contributed by atoms with van der Waals surface area (Å²) in [5.74, 6) is 0. The van der Waals surface area contributed by atoms with Gasteiger partial charge in [0.05, 0.1) is 0 Å². The Labute approximate surface area is 110 Å². The molecular weight excluding hydrogens is 224 g/mol. The molecule has 0 saturated heterocycles. The minimum Gasteiger partial charge on any atom is -0.338 e. The first-order valence-corrected chi connectivity index (χ1v) is 6.57. The Morgan fingerprint density at radius 2 is 1.78 bits per heavy atom. The molecule has 0 saturated carbocycles. The van der Waals surface area contributed by atoms with Gasteiger partial charge in [0.15, 0.2) is 0 Å². The van der Waals surface area contributed by atoms with Crippen LogP contribution in [0, 0.1) is 0 Å². The quantitative estimate of drug-likeness (QED) is 0.772. The summed E-state index contributed by atoms with van der Waals surface area (Å²) in [5.41, 5.74) is 1.19. The van der Waals surface area contributed by atoms with E-state index in [-0.39, 0.29) is 11.6 Å². The van der Waals surface area contributed by atoms with Crippen LogP contribution in [-0.2, 0) is 6.42 Å². The largest absolute Gasteiger partial charge is 0.338 e. The van der Waals surface area contributed by atoms with Gasteiger partial charge in [0, 0.05) is 12.1 Å². The molecule has 0 aliphatic heterocycles. The monoisotopic (exact) mass is 248 g/mol. The third kappa shape index (κ3) is 6.94. The van der Waals surface area contributed by atoms with E-state index in [9.17, 15) is 4.79 Å². The van der Waals surface area contributed by atoms with E-state index in [1.165, 1.54) is 5.56 Å². The molecule has 2 N–H and O–H groups in total. The molecule has 0 unspecified atom stereocenters. The van der Waals surface area contributed by atoms with E-state index in [4.69, 9.17) is 0 Å². The minimum atomic E-state index is -0.172. The van der Waals surface area contributed by atoms with Crippen molar-refractivity contribution in [1.82, 2.24) is 10.6 Å². The molecule has 0 fully saturated rings. The fraction of sp³-hybridized carbons (Fsp3) is 0.533. The molecule has 1 aromatic rings. The van der Waals surface area contributed by atoms with Crippen LogP contribution in [0.5, 0.6) is 0 Å². The summed E-state index contributed by atoms with van der Waals surface area (Å²) in [6, 6.07) is 10.3. The number of aryl methyl sites for hydroxylation is 1. The van der Waals surface area contributed by atoms with E-state index in [2.05, 4.69) is 34.9 Å². The average Bonchev–Trinajstić information content (AvgIpc) is 2.27. The predicted molar refractivity (Wildman–Crippen MR) is 75.7 cm³/mol. The molecule has 0 aromatic heterocycles. The Bertz CT molecular complexity index is 355. The zero-order chi connectivity index (χ0) is 13.4. The van der Waals surface area contributed by atoms with Gasteiger partial charge in [0.25, 0.3) is 0 Å². The normalized spacial score (nSPS) is 11.1. The number of urea groups is 1. The Morgan fingerprint density at radius 3 is 2.39 bits per heavy atom. The van der Waals surface area contributed by atoms with Gasteiger partial charge in [-0.05, 0) is 45.6 Å². The maximum Gasteiger partial charge on any atom is 0.315 e. The highest BCUT2D eigenvalue weighted by Gasteiger charge is 2.12. The Balaban J connectivity index is 2.07. The predicted octanol–water partition coefficient (Wildman–Crippen LogP) is 3.11. The zero-order valence-corrected chi connectivity index (χ0v) is 11.6. The fourth-order valence-electron chi connectivity index (χ4n) is 1.69. The molecule has 18 heavy (non-hydrogen) atoms. The van der Waals surface area contributed by atoms with E-state index in [0.29, 0.717) is 0 Å². The smallest absolute Gasteiger partial charge is 0.315 e. The van der Waals surface area contributed by atoms with Crippen LogP contribution in [0.4, 0.5) is 4.79 Å². The van der Waals surface area contributed by atoms with Crippen LogP contribution in [-0.4, -0.2) is 18.1 Å². The zero-order valence-electron chi connectivity index (χ0n) is 11.6. The highest BCUT2D eigenvalue weighted by Crippen LogP contribution is 2.03. The molecule has 100 valence electrons. The molecular formula is C15H24N2O. The number of carbonyl (C=O) groups is 1. The van der Waals surface area contributed by atoms with Gasteiger partial charge in [-0.3, -0.25) is 0 Å². The molecule has 0 atom stereocenters. The van der Waals surface area contributed by atoms with Crippen LogP contribution in [0.3, 0.4) is 0 Å². The molecule has 0 aliphatic rings. The molecule has 1 rings (SSSR count). The second kappa shape index (κ2) is 7.04. The summed E-state index contributed by atoms with van der Waals surface area (Å²) in [5, 5.41) is 5.75. The third-order valence-electron chi connectivity index (χ3n) is 2.51. The van der Waals surface area contributed by atoms with Crippen LogP contribution in [0.15, 0.2) is 30.3 Å². The van der Waals surface area contributed by atoms with Crippen LogP contribution >= 0.6 is 0 Å². The van der Waals surface area contributed by atoms with Gasteiger partial charge in [-0.15, -0.1) is 0 Å². The second-order valence-corrected chi connectivity index (χ2v) is 5.57. The summed E-state index contributed by atoms with van der Waals surface area (Å²) in [7, 11) is 0. The first-order valence-electron chi connectivity index (χ1n) is 6.57. The van der Waals surface area contributed by atoms with E-state index < -0.39 is 0 Å². The van der Waals surface area contributed by atoms with Crippen molar-refractivity contribution in [3.05, 3.63) is 35.9 Å². The molecule has 3 heteroatoms. The lowest BCUT2D eigenvalue weighted by molar-refractivity contribution is 0.232. The van der Waals surface area contributed by atoms with Gasteiger partial charge in [-0.25, -0.2) is 4.79 Å². The molecule has 0 spiro atoms. The first kappa shape index (κ1) is 14.6. The highest BCUT2D eigenvalue weighted by atomic mass is 16.2. The summed E-state index contributed by atoms with van der Waals surface area (Å²) in [4.78, 5) is 11.5. The molecule has 3 nitrogen and oxygen atoms in total. The standard InChI is InChI=1S/C15H24N2O/c1-15(2,3)17-14(18)16-12-8-7-11-13-9-5-4-6-10-13/h4-6,9-10H,7-8,11-12H2,1-3H3,(H2,16,17,18). The number of rotatable bonds is 5. The van der Waals surface area contributed by atoms with Crippen molar-refractivity contribution in [3.8, 4) is 0 Å². The number of hydrogen-bond acceptors (Lipinski definition) is 1. The molecule has 0 heterocycles. The Hall–Kier alpha value is -1.51. The first-order chi connectivity index (χ1) is 8.47. The lowest BCUT2D eigenvalue weighted by Crippen LogP contribution is -2.46. The van der Waals surface area contributed by atoms with E-state index in [1.807, 2.05) is 26.8 Å². The maximum absolute atomic E-state index is 11.5. The lowest BCUT2D eigenvalue weighted by Gasteiger charge is -2.20. The Kier molecular flexibility index (Phi) is 5.69. The van der Waals surface area contributed by atoms with Crippen LogP contribution < -0.4 is 10.6 Å². The van der Waals surface area contributed by atoms with Gasteiger partial charge < -0.3 is 10.6 Å². The van der Waals surface area contributed by atoms with E-state index in [0.717, 1.165) is 25.8 Å². The minimum absolute atomic E-state index is 0.0813. The summed E-state index contributed by atoms with van der Waals surface area (Å²) >= 11 is 0. The molecule has 2 amide bonds. The molecule has 0 radical (unpaired) electrons. The van der Waals surface area contributed by atoms with Gasteiger partial charge in [0.2, 0.25) is 0 Å². The van der Waals surface area contributed by atoms with Gasteiger partial charge >= 0.3 is 6.03 Å². The van der Waals surface area contributed by atoms with Gasteiger partial charge in [-0.2, -0.15) is 0 Å². The maximum atomic E-state index is 11.5. The molecule has 0 bridgehead atoms. The highest BCUT2D eigenvalue weighted by molar-refractivity contribution is 5.74. The number of hydrogen-bond donors (Lipinski definition) is 2. The van der Waals surface area contributed by atoms with Gasteiger partial charge in [0.1, 0.15) is 0 Å². The lowest BCUT2D eigenvalue weighted by atomic mass is 10.1. The van der Waals surface area contributed by atoms with Crippen molar-refractivity contribution in [2.24, 2.45) is 0 Å².